The Bertz CT molecular complexity index is 1310. The zero-order valence-electron chi connectivity index (χ0n) is 20.7. The Hall–Kier alpha value is -4.01. The lowest BCUT2D eigenvalue weighted by atomic mass is 10.1. The van der Waals surface area contributed by atoms with Crippen molar-refractivity contribution in [3.8, 4) is 11.1 Å². The van der Waals surface area contributed by atoms with E-state index in [1.807, 2.05) is 73.9 Å². The Morgan fingerprint density at radius 1 is 0.972 bits per heavy atom. The van der Waals surface area contributed by atoms with Gasteiger partial charge in [-0.15, -0.1) is 0 Å². The second-order valence-electron chi connectivity index (χ2n) is 9.29. The summed E-state index contributed by atoms with van der Waals surface area (Å²) in [5, 5.41) is 7.42. The normalized spacial score (nSPS) is 14.5. The molecule has 2 aromatic carbocycles. The van der Waals surface area contributed by atoms with Crippen molar-refractivity contribution in [3.63, 3.8) is 0 Å². The fraction of sp³-hybridized carbons (Fsp3) is 0.250. The molecule has 8 nitrogen and oxygen atoms in total. The van der Waals surface area contributed by atoms with E-state index in [4.69, 9.17) is 0 Å². The SMILES string of the molecule is Cc1ccc(NC(=O)c2ccc(CN3CCN(C)CC3)cc2)cc1Nn1cc(-c2cccnc2)cn1. The molecule has 0 atom stereocenters. The molecular weight excluding hydrogens is 450 g/mol. The van der Waals surface area contributed by atoms with Gasteiger partial charge in [0, 0.05) is 67.5 Å². The van der Waals surface area contributed by atoms with Crippen LogP contribution in [0.3, 0.4) is 0 Å². The summed E-state index contributed by atoms with van der Waals surface area (Å²) in [6, 6.07) is 17.6. The van der Waals surface area contributed by atoms with E-state index in [0.717, 1.165) is 55.1 Å². The number of likely N-dealkylation sites (N-methyl/N-ethyl adjacent to an activating group) is 1. The van der Waals surface area contributed by atoms with Crippen LogP contribution >= 0.6 is 0 Å². The van der Waals surface area contributed by atoms with E-state index in [-0.39, 0.29) is 5.91 Å². The molecule has 0 radical (unpaired) electrons. The van der Waals surface area contributed by atoms with Crippen LogP contribution in [0.5, 0.6) is 0 Å². The van der Waals surface area contributed by atoms with E-state index in [1.54, 1.807) is 17.2 Å². The summed E-state index contributed by atoms with van der Waals surface area (Å²) in [6.07, 6.45) is 7.25. The first-order valence-electron chi connectivity index (χ1n) is 12.2. The van der Waals surface area contributed by atoms with Crippen LogP contribution in [0.25, 0.3) is 11.1 Å². The predicted octanol–water partition coefficient (Wildman–Crippen LogP) is 4.13. The van der Waals surface area contributed by atoms with Gasteiger partial charge in [0.1, 0.15) is 0 Å². The third-order valence-corrected chi connectivity index (χ3v) is 6.53. The monoisotopic (exact) mass is 481 g/mol. The van der Waals surface area contributed by atoms with Crippen molar-refractivity contribution < 1.29 is 4.79 Å². The van der Waals surface area contributed by atoms with Gasteiger partial charge in [0.15, 0.2) is 0 Å². The first-order valence-corrected chi connectivity index (χ1v) is 12.2. The fourth-order valence-electron chi connectivity index (χ4n) is 4.24. The van der Waals surface area contributed by atoms with Gasteiger partial charge in [0.25, 0.3) is 5.91 Å². The van der Waals surface area contributed by atoms with Crippen LogP contribution in [0.4, 0.5) is 11.4 Å². The van der Waals surface area contributed by atoms with Crippen molar-refractivity contribution in [1.82, 2.24) is 24.7 Å². The van der Waals surface area contributed by atoms with Gasteiger partial charge in [-0.25, -0.2) is 0 Å². The van der Waals surface area contributed by atoms with Crippen LogP contribution in [0.15, 0.2) is 79.4 Å². The Morgan fingerprint density at radius 3 is 2.53 bits per heavy atom. The number of benzene rings is 2. The first kappa shape index (κ1) is 23.7. The number of hydrogen-bond donors (Lipinski definition) is 2. The lowest BCUT2D eigenvalue weighted by Gasteiger charge is -2.32. The summed E-state index contributed by atoms with van der Waals surface area (Å²) >= 11 is 0. The van der Waals surface area contributed by atoms with E-state index in [2.05, 4.69) is 37.7 Å². The van der Waals surface area contributed by atoms with Gasteiger partial charge in [0.05, 0.1) is 18.1 Å². The Kier molecular flexibility index (Phi) is 7.06. The molecule has 184 valence electrons. The maximum absolute atomic E-state index is 12.9. The zero-order chi connectivity index (χ0) is 24.9. The van der Waals surface area contributed by atoms with Gasteiger partial charge in [0.2, 0.25) is 0 Å². The molecule has 0 aliphatic carbocycles. The molecule has 0 saturated carbocycles. The van der Waals surface area contributed by atoms with E-state index >= 15 is 0 Å². The minimum Gasteiger partial charge on any atom is -0.322 e. The Labute approximate surface area is 211 Å². The van der Waals surface area contributed by atoms with Crippen molar-refractivity contribution in [2.45, 2.75) is 13.5 Å². The van der Waals surface area contributed by atoms with Gasteiger partial charge in [-0.3, -0.25) is 20.1 Å². The summed E-state index contributed by atoms with van der Waals surface area (Å²) in [5.41, 5.74) is 9.74. The number of amides is 1. The Morgan fingerprint density at radius 2 is 1.78 bits per heavy atom. The molecule has 1 fully saturated rings. The van der Waals surface area contributed by atoms with Gasteiger partial charge in [-0.2, -0.15) is 9.89 Å². The van der Waals surface area contributed by atoms with Gasteiger partial charge < -0.3 is 10.2 Å². The molecule has 2 aromatic heterocycles. The number of nitrogens with one attached hydrogen (secondary N) is 2. The molecule has 0 unspecified atom stereocenters. The molecule has 0 spiro atoms. The number of pyridine rings is 1. The number of rotatable bonds is 7. The second kappa shape index (κ2) is 10.7. The highest BCUT2D eigenvalue weighted by atomic mass is 16.1. The fourth-order valence-corrected chi connectivity index (χ4v) is 4.24. The van der Waals surface area contributed by atoms with Crippen LogP contribution in [-0.2, 0) is 6.54 Å². The number of aromatic nitrogens is 3. The molecule has 1 saturated heterocycles. The van der Waals surface area contributed by atoms with Gasteiger partial charge >= 0.3 is 0 Å². The summed E-state index contributed by atoms with van der Waals surface area (Å²) in [5.74, 6) is -0.131. The van der Waals surface area contributed by atoms with Crippen LogP contribution in [-0.4, -0.2) is 63.8 Å². The molecule has 0 bridgehead atoms. The maximum atomic E-state index is 12.9. The minimum absolute atomic E-state index is 0.131. The third kappa shape index (κ3) is 5.79. The maximum Gasteiger partial charge on any atom is 0.255 e. The highest BCUT2D eigenvalue weighted by Gasteiger charge is 2.14. The van der Waals surface area contributed by atoms with Crippen LogP contribution in [0.2, 0.25) is 0 Å². The zero-order valence-corrected chi connectivity index (χ0v) is 20.7. The largest absolute Gasteiger partial charge is 0.322 e. The average molecular weight is 482 g/mol. The van der Waals surface area contributed by atoms with E-state index in [1.165, 1.54) is 5.56 Å². The van der Waals surface area contributed by atoms with Crippen LogP contribution < -0.4 is 10.7 Å². The number of nitrogens with zero attached hydrogens (tertiary/aromatic N) is 5. The predicted molar refractivity (Wildman–Crippen MR) is 143 cm³/mol. The van der Waals surface area contributed by atoms with Crippen molar-refractivity contribution >= 4 is 17.3 Å². The summed E-state index contributed by atoms with van der Waals surface area (Å²) < 4.78 is 0. The molecule has 1 amide bonds. The van der Waals surface area contributed by atoms with Crippen LogP contribution in [0, 0.1) is 6.92 Å². The molecule has 8 heteroatoms. The van der Waals surface area contributed by atoms with E-state index in [0.29, 0.717) is 11.3 Å². The van der Waals surface area contributed by atoms with E-state index < -0.39 is 0 Å². The number of carbonyl (C=O) groups excluding carboxylic acids is 1. The van der Waals surface area contributed by atoms with Crippen molar-refractivity contribution in [3.05, 3.63) is 96.1 Å². The lowest BCUT2D eigenvalue weighted by Crippen LogP contribution is -2.43. The van der Waals surface area contributed by atoms with Crippen molar-refractivity contribution in [2.24, 2.45) is 0 Å². The van der Waals surface area contributed by atoms with Gasteiger partial charge in [-0.05, 0) is 55.4 Å². The summed E-state index contributed by atoms with van der Waals surface area (Å²) in [4.78, 5) is 23.5. The minimum atomic E-state index is -0.131. The lowest BCUT2D eigenvalue weighted by molar-refractivity contribution is 0.102. The number of hydrogen-bond acceptors (Lipinski definition) is 6. The first-order chi connectivity index (χ1) is 17.5. The highest BCUT2D eigenvalue weighted by Crippen LogP contribution is 2.22. The molecule has 1 aliphatic heterocycles. The quantitative estimate of drug-likeness (QED) is 0.413. The standard InChI is InChI=1S/C28H31N7O/c1-21-5-10-26(16-27(21)32-35-20-25(18-30-35)24-4-3-11-29-17-24)31-28(36)23-8-6-22(7-9-23)19-34-14-12-33(2)13-15-34/h3-11,16-18,20,32H,12-15,19H2,1-2H3,(H,31,36). The smallest absolute Gasteiger partial charge is 0.255 e. The van der Waals surface area contributed by atoms with Crippen molar-refractivity contribution in [2.75, 3.05) is 44.0 Å². The number of aryl methyl sites for hydroxylation is 1. The van der Waals surface area contributed by atoms with Gasteiger partial charge in [-0.1, -0.05) is 24.3 Å². The molecule has 36 heavy (non-hydrogen) atoms. The second-order valence-corrected chi connectivity index (χ2v) is 9.29. The average Bonchev–Trinajstić information content (AvgIpc) is 3.37. The number of anilines is 2. The van der Waals surface area contributed by atoms with Crippen molar-refractivity contribution in [1.29, 1.82) is 0 Å². The molecular formula is C28H31N7O. The summed E-state index contributed by atoms with van der Waals surface area (Å²) in [7, 11) is 2.16. The molecule has 4 aromatic rings. The molecule has 2 N–H and O–H groups in total. The third-order valence-electron chi connectivity index (χ3n) is 6.53. The Balaban J connectivity index is 1.22. The highest BCUT2D eigenvalue weighted by molar-refractivity contribution is 6.04. The number of piperazine rings is 1. The molecule has 1 aliphatic rings. The topological polar surface area (TPSA) is 78.3 Å². The number of carbonyl (C=O) groups is 1. The van der Waals surface area contributed by atoms with Crippen LogP contribution in [0.1, 0.15) is 21.5 Å². The molecule has 3 heterocycles. The molecule has 5 rings (SSSR count). The summed E-state index contributed by atoms with van der Waals surface area (Å²) in [6.45, 7) is 7.27. The van der Waals surface area contributed by atoms with E-state index in [9.17, 15) is 4.79 Å².